The first-order valence-corrected chi connectivity index (χ1v) is 20.0. The van der Waals surface area contributed by atoms with Crippen molar-refractivity contribution in [3.05, 3.63) is 12.2 Å². The Morgan fingerprint density at radius 3 is 2.31 bits per heavy atom. The number of hydrogen-bond acceptors (Lipinski definition) is 11. The zero-order chi connectivity index (χ0) is 37.6. The minimum absolute atomic E-state index is 0.0169. The molecular weight excluding hydrogens is 668 g/mol. The fourth-order valence-corrected chi connectivity index (χ4v) is 14.8. The van der Waals surface area contributed by atoms with E-state index in [9.17, 15) is 24.9 Å². The van der Waals surface area contributed by atoms with Gasteiger partial charge in [0.15, 0.2) is 18.2 Å². The molecule has 3 heterocycles. The molecule has 8 rings (SSSR count). The van der Waals surface area contributed by atoms with Crippen molar-refractivity contribution < 1.29 is 53.3 Å². The van der Waals surface area contributed by atoms with Gasteiger partial charge in [0, 0.05) is 24.3 Å². The molecule has 11 nitrogen and oxygen atoms in total. The molecule has 0 aromatic heterocycles. The van der Waals surface area contributed by atoms with Gasteiger partial charge >= 0.3 is 11.9 Å². The largest absolute Gasteiger partial charge is 0.457 e. The minimum Gasteiger partial charge on any atom is -0.457 e. The molecule has 292 valence electrons. The zero-order valence-electron chi connectivity index (χ0n) is 32.6. The van der Waals surface area contributed by atoms with Gasteiger partial charge in [0.25, 0.3) is 0 Å². The summed E-state index contributed by atoms with van der Waals surface area (Å²) in [6.45, 7) is 18.5. The number of carbonyl (C=O) groups is 2. The van der Waals surface area contributed by atoms with Gasteiger partial charge in [0.1, 0.15) is 30.0 Å². The van der Waals surface area contributed by atoms with Gasteiger partial charge in [-0.15, -0.1) is 0 Å². The smallest absolute Gasteiger partial charge is 0.330 e. The molecule has 5 aliphatic carbocycles. The monoisotopic (exact) mass is 730 g/mol. The van der Waals surface area contributed by atoms with Gasteiger partial charge in [-0.25, -0.2) is 4.79 Å². The van der Waals surface area contributed by atoms with E-state index in [0.717, 1.165) is 51.4 Å². The van der Waals surface area contributed by atoms with Gasteiger partial charge in [0.2, 0.25) is 0 Å². The second kappa shape index (κ2) is 11.7. The van der Waals surface area contributed by atoms with Crippen molar-refractivity contribution in [2.24, 2.45) is 50.7 Å². The molecule has 3 saturated heterocycles. The highest BCUT2D eigenvalue weighted by molar-refractivity contribution is 5.82. The number of hydrogen-bond donors (Lipinski definition) is 3. The lowest BCUT2D eigenvalue weighted by molar-refractivity contribution is -0.304. The fraction of sp³-hybridized carbons (Fsp3) is 0.902. The van der Waals surface area contributed by atoms with E-state index in [1.807, 2.05) is 13.8 Å². The third-order valence-corrected chi connectivity index (χ3v) is 16.8. The van der Waals surface area contributed by atoms with Crippen LogP contribution in [0.25, 0.3) is 0 Å². The Bertz CT molecular complexity index is 1510. The highest BCUT2D eigenvalue weighted by Gasteiger charge is 2.88. The molecule has 8 aliphatic rings. The van der Waals surface area contributed by atoms with Crippen molar-refractivity contribution in [3.8, 4) is 0 Å². The van der Waals surface area contributed by atoms with E-state index in [4.69, 9.17) is 28.4 Å². The normalized spacial score (nSPS) is 54.3. The number of esters is 2. The first kappa shape index (κ1) is 37.3. The summed E-state index contributed by atoms with van der Waals surface area (Å²) in [6.07, 6.45) is 4.29. The van der Waals surface area contributed by atoms with E-state index in [1.54, 1.807) is 13.0 Å². The van der Waals surface area contributed by atoms with Crippen LogP contribution in [0.1, 0.15) is 114 Å². The molecule has 3 N–H and O–H groups in total. The van der Waals surface area contributed by atoms with Crippen molar-refractivity contribution in [2.75, 3.05) is 6.61 Å². The Morgan fingerprint density at radius 2 is 1.62 bits per heavy atom. The molecule has 0 aromatic carbocycles. The number of allylic oxidation sites excluding steroid dienone is 1. The van der Waals surface area contributed by atoms with Crippen molar-refractivity contribution >= 4 is 11.9 Å². The number of carbonyl (C=O) groups excluding carboxylic acids is 2. The molecule has 2 bridgehead atoms. The highest BCUT2D eigenvalue weighted by Crippen LogP contribution is 2.90. The summed E-state index contributed by atoms with van der Waals surface area (Å²) in [5, 5.41) is 34.7. The van der Waals surface area contributed by atoms with Crippen molar-refractivity contribution in [1.29, 1.82) is 0 Å². The number of aliphatic hydroxyl groups excluding tert-OH is 3. The van der Waals surface area contributed by atoms with E-state index in [1.165, 1.54) is 13.0 Å². The quantitative estimate of drug-likeness (QED) is 0.196. The summed E-state index contributed by atoms with van der Waals surface area (Å²) in [6, 6.07) is 0. The van der Waals surface area contributed by atoms with Crippen LogP contribution < -0.4 is 0 Å². The average molecular weight is 731 g/mol. The van der Waals surface area contributed by atoms with Gasteiger partial charge in [-0.05, 0) is 112 Å². The lowest BCUT2D eigenvalue weighted by Crippen LogP contribution is -2.61. The van der Waals surface area contributed by atoms with E-state index >= 15 is 0 Å². The molecule has 11 heteroatoms. The maximum atomic E-state index is 12.9. The number of rotatable bonds is 6. The third-order valence-electron chi connectivity index (χ3n) is 16.8. The molecule has 0 amide bonds. The van der Waals surface area contributed by atoms with Crippen LogP contribution in [0.3, 0.4) is 0 Å². The topological polar surface area (TPSA) is 150 Å². The molecule has 5 saturated carbocycles. The van der Waals surface area contributed by atoms with Gasteiger partial charge in [-0.1, -0.05) is 40.7 Å². The summed E-state index contributed by atoms with van der Waals surface area (Å²) in [5.41, 5.74) is -1.52. The highest BCUT2D eigenvalue weighted by atomic mass is 16.8. The van der Waals surface area contributed by atoms with Crippen molar-refractivity contribution in [2.45, 2.75) is 174 Å². The predicted octanol–water partition coefficient (Wildman–Crippen LogP) is 4.82. The van der Waals surface area contributed by atoms with Gasteiger partial charge < -0.3 is 43.7 Å². The molecule has 52 heavy (non-hydrogen) atoms. The van der Waals surface area contributed by atoms with E-state index in [0.29, 0.717) is 11.8 Å². The summed E-state index contributed by atoms with van der Waals surface area (Å²) in [7, 11) is 0. The van der Waals surface area contributed by atoms with E-state index in [-0.39, 0.29) is 58.3 Å². The lowest BCUT2D eigenvalue weighted by atomic mass is 9.41. The Balaban J connectivity index is 1.03. The number of fused-ring (bicyclic) bond motifs is 4. The average Bonchev–Trinajstić information content (AvgIpc) is 3.57. The Morgan fingerprint density at radius 1 is 0.923 bits per heavy atom. The molecular formula is C41H62O11. The Kier molecular flexibility index (Phi) is 8.41. The minimum atomic E-state index is -1.35. The van der Waals surface area contributed by atoms with Crippen LogP contribution in [0.4, 0.5) is 0 Å². The summed E-state index contributed by atoms with van der Waals surface area (Å²) in [4.78, 5) is 24.1. The van der Waals surface area contributed by atoms with Crippen molar-refractivity contribution in [3.63, 3.8) is 0 Å². The van der Waals surface area contributed by atoms with Crippen LogP contribution in [0.5, 0.6) is 0 Å². The Hall–Kier alpha value is -1.60. The second-order valence-electron chi connectivity index (χ2n) is 19.7. The molecule has 8 fully saturated rings. The van der Waals surface area contributed by atoms with Crippen LogP contribution in [0.2, 0.25) is 0 Å². The third kappa shape index (κ3) is 4.62. The van der Waals surface area contributed by atoms with Gasteiger partial charge in [-0.3, -0.25) is 4.79 Å². The lowest BCUT2D eigenvalue weighted by Gasteiger charge is -2.63. The van der Waals surface area contributed by atoms with E-state index < -0.39 is 59.6 Å². The van der Waals surface area contributed by atoms with E-state index in [2.05, 4.69) is 34.6 Å². The van der Waals surface area contributed by atoms with Crippen LogP contribution in [0, 0.1) is 50.7 Å². The maximum Gasteiger partial charge on any atom is 0.330 e. The molecule has 0 radical (unpaired) electrons. The number of ether oxygens (including phenoxy) is 6. The van der Waals surface area contributed by atoms with Crippen LogP contribution in [-0.2, 0) is 38.0 Å². The first-order valence-electron chi connectivity index (χ1n) is 20.0. The standard InChI is InChI=1S/C41H62O11/c1-10-11-28(43)48-24-19-47-33(30(45)29(24)44)49-27-14-15-39-20-40(39)17-16-37(8)31-21(2)18-23-32(36(6,7)50-22(3)42)52-41(31,51-23)34(46)38(37,9)26(40)13-12-25(39)35(27,4)5/h10-11,21,23-27,29-34,44-46H,12-20H2,1-9H3/b11-10+/t21-,23-,24-,25+,26+,27+,29+,30-,31-,32+,33+,34-,37-,38-,39-,40+,41+/m1/s1. The van der Waals surface area contributed by atoms with Crippen molar-refractivity contribution in [1.82, 2.24) is 0 Å². The molecule has 0 unspecified atom stereocenters. The van der Waals surface area contributed by atoms with Crippen LogP contribution in [-0.4, -0.2) is 94.3 Å². The SMILES string of the molecule is C/C=C/C(=O)O[C@@H]1CO[C@@H](O[C@H]2CC[C@]34C[C@]35CC[C@]3(C)[C@H]6[C@H](C)C[C@H]7O[C@@]6(O[C@@H]7C(C)(C)OC(C)=O)[C@H](O)[C@@]3(C)[C@@H]5CC[C@H]4C2(C)C)[C@H](O)[C@H]1O. The molecule has 17 atom stereocenters. The molecule has 0 aromatic rings. The zero-order valence-corrected chi connectivity index (χ0v) is 32.6. The molecule has 3 spiro atoms. The second-order valence-corrected chi connectivity index (χ2v) is 19.7. The van der Waals surface area contributed by atoms with Gasteiger partial charge in [0.05, 0.1) is 18.8 Å². The Labute approximate surface area is 308 Å². The summed E-state index contributed by atoms with van der Waals surface area (Å²) < 4.78 is 37.6. The summed E-state index contributed by atoms with van der Waals surface area (Å²) >= 11 is 0. The number of aliphatic hydroxyl groups is 3. The molecule has 3 aliphatic heterocycles. The predicted molar refractivity (Wildman–Crippen MR) is 187 cm³/mol. The fourth-order valence-electron chi connectivity index (χ4n) is 14.8. The van der Waals surface area contributed by atoms with Crippen LogP contribution in [0.15, 0.2) is 12.2 Å². The summed E-state index contributed by atoms with van der Waals surface area (Å²) in [5.74, 6) is -1.11. The maximum absolute atomic E-state index is 12.9. The van der Waals surface area contributed by atoms with Crippen LogP contribution >= 0.6 is 0 Å². The van der Waals surface area contributed by atoms with Gasteiger partial charge in [-0.2, -0.15) is 0 Å². The first-order chi connectivity index (χ1) is 24.3.